The molecule has 0 aliphatic rings. The van der Waals surface area contributed by atoms with Gasteiger partial charge >= 0.3 is 11.9 Å². The molecule has 0 fully saturated rings. The molecule has 5 nitrogen and oxygen atoms in total. The number of nitrogens with zero attached hydrogens (tertiary/aromatic N) is 1. The largest absolute Gasteiger partial charge is 0.447 e. The van der Waals surface area contributed by atoms with Crippen LogP contribution in [-0.2, 0) is 19.1 Å². The minimum Gasteiger partial charge on any atom is -0.447 e. The molecule has 0 spiro atoms. The van der Waals surface area contributed by atoms with E-state index in [0.29, 0.717) is 11.4 Å². The summed E-state index contributed by atoms with van der Waals surface area (Å²) in [6, 6.07) is 18.2. The first-order chi connectivity index (χ1) is 11.6. The lowest BCUT2D eigenvalue weighted by atomic mass is 10.2. The summed E-state index contributed by atoms with van der Waals surface area (Å²) in [5, 5.41) is 0. The Hall–Kier alpha value is -3.39. The molecule has 2 rings (SSSR count). The number of carbonyl (C=O) groups excluding carboxylic acids is 3. The second kappa shape index (κ2) is 8.30. The van der Waals surface area contributed by atoms with Crippen molar-refractivity contribution in [1.82, 2.24) is 0 Å². The molecule has 0 aliphatic carbocycles. The van der Waals surface area contributed by atoms with Crippen LogP contribution in [0.4, 0.5) is 11.4 Å². The van der Waals surface area contributed by atoms with E-state index in [-0.39, 0.29) is 6.61 Å². The second-order valence-corrected chi connectivity index (χ2v) is 4.75. The molecule has 0 bridgehead atoms. The number of esters is 1. The molecule has 0 saturated heterocycles. The molecule has 2 aromatic rings. The number of benzene rings is 2. The number of rotatable bonds is 4. The third-order valence-electron chi connectivity index (χ3n) is 2.99. The van der Waals surface area contributed by atoms with Crippen molar-refractivity contribution in [3.8, 4) is 11.8 Å². The van der Waals surface area contributed by atoms with Gasteiger partial charge in [-0.1, -0.05) is 42.3 Å². The summed E-state index contributed by atoms with van der Waals surface area (Å²) in [4.78, 5) is 35.7. The Labute approximate surface area is 139 Å². The zero-order valence-corrected chi connectivity index (χ0v) is 13.1. The minimum absolute atomic E-state index is 0.318. The molecule has 0 atom stereocenters. The van der Waals surface area contributed by atoms with Gasteiger partial charge in [0, 0.05) is 18.3 Å². The predicted molar refractivity (Wildman–Crippen MR) is 89.4 cm³/mol. The maximum Gasteiger partial charge on any atom is 0.375 e. The number of para-hydroxylation sites is 2. The van der Waals surface area contributed by atoms with Crippen LogP contribution in [0, 0.1) is 11.8 Å². The van der Waals surface area contributed by atoms with Crippen molar-refractivity contribution in [1.29, 1.82) is 0 Å². The Balaban J connectivity index is 2.18. The van der Waals surface area contributed by atoms with E-state index in [4.69, 9.17) is 0 Å². The third-order valence-corrected chi connectivity index (χ3v) is 2.99. The van der Waals surface area contributed by atoms with Crippen LogP contribution >= 0.6 is 0 Å². The summed E-state index contributed by atoms with van der Waals surface area (Å²) in [5.41, 5.74) is 1.34. The lowest BCUT2D eigenvalue weighted by Crippen LogP contribution is -2.24. The van der Waals surface area contributed by atoms with Crippen molar-refractivity contribution in [3.05, 3.63) is 60.7 Å². The van der Waals surface area contributed by atoms with Gasteiger partial charge in [-0.05, 0) is 30.2 Å². The lowest BCUT2D eigenvalue weighted by Gasteiger charge is -2.20. The number of hydrogen-bond acceptors (Lipinski definition) is 4. The van der Waals surface area contributed by atoms with Gasteiger partial charge in [0.25, 0.3) is 0 Å². The molecule has 0 heterocycles. The first-order valence-electron chi connectivity index (χ1n) is 7.20. The Kier molecular flexibility index (Phi) is 5.87. The lowest BCUT2D eigenvalue weighted by molar-refractivity contribution is -0.151. The Morgan fingerprint density at radius 1 is 0.917 bits per heavy atom. The van der Waals surface area contributed by atoms with Crippen molar-refractivity contribution in [2.75, 3.05) is 11.5 Å². The monoisotopic (exact) mass is 321 g/mol. The minimum atomic E-state index is -0.972. The molecule has 0 aromatic heterocycles. The van der Waals surface area contributed by atoms with E-state index in [2.05, 4.69) is 16.6 Å². The molecule has 0 saturated carbocycles. The predicted octanol–water partition coefficient (Wildman–Crippen LogP) is 2.49. The van der Waals surface area contributed by atoms with Gasteiger partial charge in [-0.2, -0.15) is 0 Å². The molecule has 2 aromatic carbocycles. The first-order valence-corrected chi connectivity index (χ1v) is 7.20. The van der Waals surface area contributed by atoms with E-state index < -0.39 is 17.7 Å². The summed E-state index contributed by atoms with van der Waals surface area (Å²) < 4.78 is 4.61. The standard InChI is InChI=1S/C19H15NO4/c1-15(21)19(23)24-14-8-13-18(22)20(16-9-4-2-5-10-16)17-11-6-3-7-12-17/h2-7,9-12H,14H2,1H3. The Morgan fingerprint density at radius 3 is 1.88 bits per heavy atom. The van der Waals surface area contributed by atoms with Gasteiger partial charge in [0.15, 0.2) is 6.61 Å². The molecule has 0 aliphatic heterocycles. The summed E-state index contributed by atoms with van der Waals surface area (Å²) in [5.74, 6) is 2.73. The van der Waals surface area contributed by atoms with Gasteiger partial charge in [-0.3, -0.25) is 14.5 Å². The number of carbonyl (C=O) groups is 3. The highest BCUT2D eigenvalue weighted by Gasteiger charge is 2.15. The fraction of sp³-hybridized carbons (Fsp3) is 0.105. The van der Waals surface area contributed by atoms with Crippen LogP contribution < -0.4 is 4.90 Å². The summed E-state index contributed by atoms with van der Waals surface area (Å²) in [6.45, 7) is 0.787. The van der Waals surface area contributed by atoms with Gasteiger partial charge in [0.1, 0.15) is 0 Å². The van der Waals surface area contributed by atoms with E-state index in [1.165, 1.54) is 4.90 Å². The Bertz CT molecular complexity index is 749. The van der Waals surface area contributed by atoms with E-state index >= 15 is 0 Å². The summed E-state index contributed by atoms with van der Waals surface area (Å²) >= 11 is 0. The van der Waals surface area contributed by atoms with Crippen LogP contribution in [0.3, 0.4) is 0 Å². The van der Waals surface area contributed by atoms with Gasteiger partial charge < -0.3 is 4.74 Å². The topological polar surface area (TPSA) is 63.7 Å². The van der Waals surface area contributed by atoms with Crippen LogP contribution in [0.5, 0.6) is 0 Å². The molecule has 0 N–H and O–H groups in total. The molecular formula is C19H15NO4. The highest BCUT2D eigenvalue weighted by Crippen LogP contribution is 2.24. The first kappa shape index (κ1) is 17.0. The van der Waals surface area contributed by atoms with E-state index in [1.807, 2.05) is 36.4 Å². The maximum atomic E-state index is 12.5. The van der Waals surface area contributed by atoms with Crippen LogP contribution in [0.15, 0.2) is 60.7 Å². The quantitative estimate of drug-likeness (QED) is 0.493. The smallest absolute Gasteiger partial charge is 0.375 e. The van der Waals surface area contributed by atoms with E-state index in [0.717, 1.165) is 6.92 Å². The van der Waals surface area contributed by atoms with Gasteiger partial charge in [0.05, 0.1) is 0 Å². The molecule has 0 radical (unpaired) electrons. The van der Waals surface area contributed by atoms with Crippen LogP contribution in [0.2, 0.25) is 0 Å². The zero-order valence-electron chi connectivity index (χ0n) is 13.1. The summed E-state index contributed by atoms with van der Waals surface area (Å²) in [7, 11) is 0. The van der Waals surface area contributed by atoms with Gasteiger partial charge in [-0.15, -0.1) is 0 Å². The van der Waals surface area contributed by atoms with Crippen molar-refractivity contribution in [2.45, 2.75) is 6.92 Å². The fourth-order valence-electron chi connectivity index (χ4n) is 1.91. The van der Waals surface area contributed by atoms with Crippen LogP contribution in [0.1, 0.15) is 6.92 Å². The number of ether oxygens (including phenoxy) is 1. The normalized spacial score (nSPS) is 9.38. The van der Waals surface area contributed by atoms with Crippen molar-refractivity contribution < 1.29 is 19.1 Å². The highest BCUT2D eigenvalue weighted by atomic mass is 16.5. The number of amides is 1. The van der Waals surface area contributed by atoms with Gasteiger partial charge in [0.2, 0.25) is 5.78 Å². The number of ketones is 1. The zero-order chi connectivity index (χ0) is 17.4. The van der Waals surface area contributed by atoms with E-state index in [1.54, 1.807) is 24.3 Å². The van der Waals surface area contributed by atoms with Gasteiger partial charge in [-0.25, -0.2) is 4.79 Å². The molecular weight excluding hydrogens is 306 g/mol. The highest BCUT2D eigenvalue weighted by molar-refractivity contribution is 6.32. The van der Waals surface area contributed by atoms with Crippen LogP contribution in [0.25, 0.3) is 0 Å². The molecule has 24 heavy (non-hydrogen) atoms. The Morgan fingerprint density at radius 2 is 1.42 bits per heavy atom. The van der Waals surface area contributed by atoms with Crippen molar-refractivity contribution in [3.63, 3.8) is 0 Å². The SMILES string of the molecule is CC(=O)C(=O)OCC#CC(=O)N(c1ccccc1)c1ccccc1. The number of Topliss-reactive ketones (excluding diaryl/α,β-unsaturated/α-hetero) is 1. The van der Waals surface area contributed by atoms with E-state index in [9.17, 15) is 14.4 Å². The average molecular weight is 321 g/mol. The number of hydrogen-bond donors (Lipinski definition) is 0. The molecule has 1 amide bonds. The average Bonchev–Trinajstić information content (AvgIpc) is 2.60. The van der Waals surface area contributed by atoms with Crippen molar-refractivity contribution >= 4 is 29.0 Å². The third kappa shape index (κ3) is 4.55. The summed E-state index contributed by atoms with van der Waals surface area (Å²) in [6.07, 6.45) is 0. The molecule has 0 unspecified atom stereocenters. The van der Waals surface area contributed by atoms with Crippen LogP contribution in [-0.4, -0.2) is 24.3 Å². The molecule has 5 heteroatoms. The second-order valence-electron chi connectivity index (χ2n) is 4.75. The fourth-order valence-corrected chi connectivity index (χ4v) is 1.91. The number of anilines is 2. The molecule has 120 valence electrons. The maximum absolute atomic E-state index is 12.5. The van der Waals surface area contributed by atoms with Crippen molar-refractivity contribution in [2.24, 2.45) is 0 Å².